The second-order valence-electron chi connectivity index (χ2n) is 7.43. The smallest absolute Gasteiger partial charge is 0.275 e. The van der Waals surface area contributed by atoms with Crippen molar-refractivity contribution in [3.05, 3.63) is 64.7 Å². The van der Waals surface area contributed by atoms with E-state index in [4.69, 9.17) is 16.3 Å². The van der Waals surface area contributed by atoms with Gasteiger partial charge in [0.25, 0.3) is 5.91 Å². The lowest BCUT2D eigenvalue weighted by molar-refractivity contribution is -1.02. The number of piperazine rings is 1. The normalized spacial score (nSPS) is 19.2. The minimum atomic E-state index is 0.141. The highest BCUT2D eigenvalue weighted by atomic mass is 35.5. The highest BCUT2D eigenvalue weighted by molar-refractivity contribution is 6.30. The predicted octanol–water partition coefficient (Wildman–Crippen LogP) is -0.00910. The lowest BCUT2D eigenvalue weighted by Gasteiger charge is -2.29. The minimum Gasteiger partial charge on any atom is -0.497 e. The van der Waals surface area contributed by atoms with Gasteiger partial charge in [-0.2, -0.15) is 0 Å². The summed E-state index contributed by atoms with van der Waals surface area (Å²) in [5.41, 5.74) is 2.52. The second kappa shape index (κ2) is 10.5. The largest absolute Gasteiger partial charge is 0.497 e. The first-order valence-corrected chi connectivity index (χ1v) is 10.3. The van der Waals surface area contributed by atoms with Crippen molar-refractivity contribution in [3.63, 3.8) is 0 Å². The highest BCUT2D eigenvalue weighted by Crippen LogP contribution is 2.10. The summed E-state index contributed by atoms with van der Waals surface area (Å²) in [5, 5.41) is 3.78. The Bertz CT molecular complexity index is 741. The maximum absolute atomic E-state index is 12.2. The van der Waals surface area contributed by atoms with Gasteiger partial charge in [-0.1, -0.05) is 23.7 Å². The fraction of sp³-hybridized carbons (Fsp3) is 0.409. The molecule has 1 fully saturated rings. The Morgan fingerprint density at radius 1 is 0.964 bits per heavy atom. The molecule has 1 aliphatic rings. The molecule has 0 saturated carbocycles. The van der Waals surface area contributed by atoms with E-state index < -0.39 is 0 Å². The van der Waals surface area contributed by atoms with E-state index in [9.17, 15) is 4.79 Å². The molecular weight excluding hydrogens is 374 g/mol. The molecule has 0 bridgehead atoms. The zero-order valence-corrected chi connectivity index (χ0v) is 17.2. The van der Waals surface area contributed by atoms with Crippen molar-refractivity contribution in [2.75, 3.05) is 46.4 Å². The van der Waals surface area contributed by atoms with Gasteiger partial charge < -0.3 is 19.9 Å². The van der Waals surface area contributed by atoms with Crippen LogP contribution in [0.25, 0.3) is 0 Å². The summed E-state index contributed by atoms with van der Waals surface area (Å²) < 4.78 is 5.21. The first-order valence-electron chi connectivity index (χ1n) is 9.93. The van der Waals surface area contributed by atoms with Crippen molar-refractivity contribution in [3.8, 4) is 5.75 Å². The van der Waals surface area contributed by atoms with E-state index in [1.807, 2.05) is 36.4 Å². The van der Waals surface area contributed by atoms with Crippen LogP contribution in [0.2, 0.25) is 5.02 Å². The Hall–Kier alpha value is -2.08. The lowest BCUT2D eigenvalue weighted by Crippen LogP contribution is -3.28. The molecule has 2 aromatic carbocycles. The first kappa shape index (κ1) is 20.6. The highest BCUT2D eigenvalue weighted by Gasteiger charge is 2.24. The van der Waals surface area contributed by atoms with Gasteiger partial charge in [-0.25, -0.2) is 0 Å². The number of ether oxygens (including phenoxy) is 1. The molecule has 5 nitrogen and oxygen atoms in total. The number of rotatable bonds is 8. The minimum absolute atomic E-state index is 0.141. The van der Waals surface area contributed by atoms with Gasteiger partial charge in [0.05, 0.1) is 7.11 Å². The van der Waals surface area contributed by atoms with E-state index in [2.05, 4.69) is 17.4 Å². The summed E-state index contributed by atoms with van der Waals surface area (Å²) in [7, 11) is 1.69. The van der Waals surface area contributed by atoms with Crippen molar-refractivity contribution < 1.29 is 19.3 Å². The van der Waals surface area contributed by atoms with Crippen LogP contribution >= 0.6 is 11.6 Å². The van der Waals surface area contributed by atoms with Gasteiger partial charge in [0, 0.05) is 17.1 Å². The topological polar surface area (TPSA) is 47.2 Å². The molecule has 0 atom stereocenters. The maximum atomic E-state index is 12.2. The summed E-state index contributed by atoms with van der Waals surface area (Å²) in [4.78, 5) is 15.2. The number of amides is 1. The van der Waals surface area contributed by atoms with Crippen molar-refractivity contribution in [2.24, 2.45) is 0 Å². The molecule has 0 aliphatic carbocycles. The number of carbonyl (C=O) groups excluding carboxylic acids is 1. The maximum Gasteiger partial charge on any atom is 0.275 e. The van der Waals surface area contributed by atoms with Gasteiger partial charge in [-0.3, -0.25) is 4.79 Å². The molecule has 150 valence electrons. The summed E-state index contributed by atoms with van der Waals surface area (Å²) in [6, 6.07) is 16.1. The van der Waals surface area contributed by atoms with Crippen LogP contribution in [-0.4, -0.2) is 52.3 Å². The Morgan fingerprint density at radius 3 is 2.21 bits per heavy atom. The Labute approximate surface area is 172 Å². The zero-order valence-electron chi connectivity index (χ0n) is 16.5. The molecule has 3 rings (SSSR count). The van der Waals surface area contributed by atoms with Crippen LogP contribution in [0.5, 0.6) is 5.75 Å². The van der Waals surface area contributed by atoms with Crippen LogP contribution in [0.4, 0.5) is 0 Å². The summed E-state index contributed by atoms with van der Waals surface area (Å²) >= 11 is 5.89. The average molecular weight is 404 g/mol. The fourth-order valence-electron chi connectivity index (χ4n) is 3.63. The van der Waals surface area contributed by atoms with Crippen LogP contribution in [0.15, 0.2) is 48.5 Å². The summed E-state index contributed by atoms with van der Waals surface area (Å²) in [6.45, 7) is 6.54. The van der Waals surface area contributed by atoms with Crippen molar-refractivity contribution in [1.82, 2.24) is 5.32 Å². The molecule has 6 heteroatoms. The van der Waals surface area contributed by atoms with Gasteiger partial charge >= 0.3 is 0 Å². The molecule has 1 heterocycles. The number of hydrogen-bond acceptors (Lipinski definition) is 2. The summed E-state index contributed by atoms with van der Waals surface area (Å²) in [6.07, 6.45) is 0.831. The van der Waals surface area contributed by atoms with E-state index in [0.29, 0.717) is 13.1 Å². The molecule has 0 spiro atoms. The van der Waals surface area contributed by atoms with Crippen LogP contribution in [-0.2, 0) is 17.8 Å². The fourth-order valence-corrected chi connectivity index (χ4v) is 3.76. The van der Waals surface area contributed by atoms with Crippen LogP contribution in [0, 0.1) is 0 Å². The van der Waals surface area contributed by atoms with E-state index in [1.165, 1.54) is 16.0 Å². The third-order valence-electron chi connectivity index (χ3n) is 5.34. The van der Waals surface area contributed by atoms with Crippen LogP contribution in [0.1, 0.15) is 11.1 Å². The second-order valence-corrected chi connectivity index (χ2v) is 7.86. The van der Waals surface area contributed by atoms with Gasteiger partial charge in [0.15, 0.2) is 6.54 Å². The van der Waals surface area contributed by atoms with Crippen LogP contribution < -0.4 is 19.9 Å². The van der Waals surface area contributed by atoms with Gasteiger partial charge in [-0.05, 0) is 48.4 Å². The molecule has 0 radical (unpaired) electrons. The third-order valence-corrected chi connectivity index (χ3v) is 5.59. The number of quaternary nitrogens is 2. The number of hydrogen-bond donors (Lipinski definition) is 3. The van der Waals surface area contributed by atoms with E-state index in [1.54, 1.807) is 12.0 Å². The number of methoxy groups -OCH3 is 1. The lowest BCUT2D eigenvalue weighted by atomic mass is 10.1. The molecule has 1 amide bonds. The molecular formula is C22H30ClN3O2+2. The zero-order chi connectivity index (χ0) is 19.8. The Kier molecular flexibility index (Phi) is 7.71. The molecule has 0 aromatic heterocycles. The van der Waals surface area contributed by atoms with E-state index in [-0.39, 0.29) is 5.91 Å². The van der Waals surface area contributed by atoms with Crippen molar-refractivity contribution >= 4 is 17.5 Å². The molecule has 0 unspecified atom stereocenters. The summed E-state index contributed by atoms with van der Waals surface area (Å²) in [5.74, 6) is 1.04. The number of nitrogens with one attached hydrogen (secondary N) is 3. The standard InChI is InChI=1S/C22H28ClN3O2/c1-28-21-8-4-19(5-9-21)16-25-12-14-26(15-13-25)17-22(27)24-11-10-18-2-6-20(23)7-3-18/h2-9H,10-17H2,1H3,(H,24,27)/p+2. The van der Waals surface area contributed by atoms with Crippen LogP contribution in [0.3, 0.4) is 0 Å². The molecule has 28 heavy (non-hydrogen) atoms. The first-order chi connectivity index (χ1) is 13.6. The monoisotopic (exact) mass is 403 g/mol. The molecule has 1 saturated heterocycles. The molecule has 1 aliphatic heterocycles. The number of carbonyl (C=O) groups is 1. The third kappa shape index (κ3) is 6.51. The Morgan fingerprint density at radius 2 is 1.57 bits per heavy atom. The van der Waals surface area contributed by atoms with Gasteiger partial charge in [0.2, 0.25) is 0 Å². The molecule has 2 aromatic rings. The molecule has 3 N–H and O–H groups in total. The van der Waals surface area contributed by atoms with E-state index >= 15 is 0 Å². The Balaban J connectivity index is 1.33. The average Bonchev–Trinajstić information content (AvgIpc) is 2.71. The van der Waals surface area contributed by atoms with Crippen molar-refractivity contribution in [2.45, 2.75) is 13.0 Å². The van der Waals surface area contributed by atoms with Gasteiger partial charge in [0.1, 0.15) is 38.5 Å². The van der Waals surface area contributed by atoms with E-state index in [0.717, 1.165) is 49.9 Å². The van der Waals surface area contributed by atoms with Gasteiger partial charge in [-0.15, -0.1) is 0 Å². The number of halogens is 1. The van der Waals surface area contributed by atoms with Crippen molar-refractivity contribution in [1.29, 1.82) is 0 Å². The predicted molar refractivity (Wildman–Crippen MR) is 111 cm³/mol. The SMILES string of the molecule is COc1ccc(C[NH+]2CC[NH+](CC(=O)NCCc3ccc(Cl)cc3)CC2)cc1. The quantitative estimate of drug-likeness (QED) is 0.580. The number of benzene rings is 2.